The number of carbonyl (C=O) groups excluding carboxylic acids is 2. The summed E-state index contributed by atoms with van der Waals surface area (Å²) in [6.45, 7) is 4.01. The predicted molar refractivity (Wildman–Crippen MR) is 108 cm³/mol. The summed E-state index contributed by atoms with van der Waals surface area (Å²) in [5.74, 6) is 0.941. The number of methoxy groups -OCH3 is 2. The van der Waals surface area contributed by atoms with Crippen molar-refractivity contribution in [2.75, 3.05) is 34.0 Å². The maximum Gasteiger partial charge on any atom is 0.344 e. The van der Waals surface area contributed by atoms with Crippen molar-refractivity contribution < 1.29 is 28.5 Å². The molecule has 0 aliphatic rings. The maximum atomic E-state index is 12.4. The summed E-state index contributed by atoms with van der Waals surface area (Å²) in [7, 11) is 3.12. The van der Waals surface area contributed by atoms with E-state index in [1.807, 2.05) is 44.2 Å². The number of esters is 1. The first-order chi connectivity index (χ1) is 14.0. The van der Waals surface area contributed by atoms with Crippen LogP contribution >= 0.6 is 0 Å². The lowest BCUT2D eigenvalue weighted by Gasteiger charge is -2.21. The Kier molecular flexibility index (Phi) is 8.33. The number of nitrogens with zero attached hydrogens (tertiary/aromatic N) is 1. The predicted octanol–water partition coefficient (Wildman–Crippen LogP) is 2.98. The summed E-state index contributed by atoms with van der Waals surface area (Å²) in [5.41, 5.74) is 1.80. The number of aryl methyl sites for hydroxylation is 1. The fraction of sp³-hybridized carbons (Fsp3) is 0.364. The van der Waals surface area contributed by atoms with Crippen molar-refractivity contribution in [2.24, 2.45) is 0 Å². The number of para-hydroxylation sites is 1. The molecule has 0 N–H and O–H groups in total. The van der Waals surface area contributed by atoms with Crippen molar-refractivity contribution in [1.29, 1.82) is 0 Å². The van der Waals surface area contributed by atoms with Gasteiger partial charge in [-0.15, -0.1) is 0 Å². The van der Waals surface area contributed by atoms with Gasteiger partial charge < -0.3 is 23.8 Å². The summed E-state index contributed by atoms with van der Waals surface area (Å²) in [4.78, 5) is 25.9. The number of hydrogen-bond donors (Lipinski definition) is 0. The lowest BCUT2D eigenvalue weighted by molar-refractivity contribution is -0.153. The topological polar surface area (TPSA) is 74.3 Å². The van der Waals surface area contributed by atoms with Crippen LogP contribution in [0.3, 0.4) is 0 Å². The standard InChI is InChI=1S/C22H27NO6/c1-5-23(13-17-10-11-19(26-3)20(12-17)27-4)21(24)14-29-22(25)15-28-18-9-7-6-8-16(18)2/h6-12H,5,13-15H2,1-4H3. The van der Waals surface area contributed by atoms with Gasteiger partial charge in [0.25, 0.3) is 5.91 Å². The molecule has 2 aromatic carbocycles. The first-order valence-electron chi connectivity index (χ1n) is 9.31. The number of carbonyl (C=O) groups is 2. The number of rotatable bonds is 10. The zero-order valence-corrected chi connectivity index (χ0v) is 17.3. The van der Waals surface area contributed by atoms with E-state index in [9.17, 15) is 9.59 Å². The van der Waals surface area contributed by atoms with E-state index in [0.717, 1.165) is 11.1 Å². The Bertz CT molecular complexity index is 836. The molecule has 0 atom stereocenters. The number of amides is 1. The molecule has 29 heavy (non-hydrogen) atoms. The third-order valence-corrected chi connectivity index (χ3v) is 4.35. The highest BCUT2D eigenvalue weighted by Gasteiger charge is 2.16. The highest BCUT2D eigenvalue weighted by molar-refractivity contribution is 5.81. The van der Waals surface area contributed by atoms with Crippen molar-refractivity contribution in [3.63, 3.8) is 0 Å². The number of hydrogen-bond acceptors (Lipinski definition) is 6. The molecule has 7 nitrogen and oxygen atoms in total. The molecule has 0 heterocycles. The first-order valence-corrected chi connectivity index (χ1v) is 9.31. The molecular weight excluding hydrogens is 374 g/mol. The van der Waals surface area contributed by atoms with Crippen LogP contribution in [0.5, 0.6) is 17.2 Å². The van der Waals surface area contributed by atoms with Crippen LogP contribution in [0.25, 0.3) is 0 Å². The minimum atomic E-state index is -0.594. The van der Waals surface area contributed by atoms with E-state index < -0.39 is 5.97 Å². The minimum Gasteiger partial charge on any atom is -0.493 e. The van der Waals surface area contributed by atoms with Gasteiger partial charge in [0.15, 0.2) is 24.7 Å². The van der Waals surface area contributed by atoms with E-state index in [4.69, 9.17) is 18.9 Å². The van der Waals surface area contributed by atoms with E-state index in [0.29, 0.717) is 30.3 Å². The molecular formula is C22H27NO6. The van der Waals surface area contributed by atoms with Gasteiger partial charge in [-0.1, -0.05) is 24.3 Å². The van der Waals surface area contributed by atoms with Crippen molar-refractivity contribution in [2.45, 2.75) is 20.4 Å². The van der Waals surface area contributed by atoms with Gasteiger partial charge in [0.1, 0.15) is 5.75 Å². The average molecular weight is 401 g/mol. The molecule has 0 radical (unpaired) electrons. The first kappa shape index (κ1) is 22.1. The number of ether oxygens (including phenoxy) is 4. The van der Waals surface area contributed by atoms with Gasteiger partial charge in [-0.2, -0.15) is 0 Å². The molecule has 0 aliphatic heterocycles. The molecule has 0 saturated carbocycles. The Hall–Kier alpha value is -3.22. The average Bonchev–Trinajstić information content (AvgIpc) is 2.74. The van der Waals surface area contributed by atoms with Crippen LogP contribution < -0.4 is 14.2 Å². The van der Waals surface area contributed by atoms with E-state index in [1.54, 1.807) is 31.3 Å². The third kappa shape index (κ3) is 6.41. The molecule has 0 saturated heterocycles. The van der Waals surface area contributed by atoms with Crippen LogP contribution in [-0.4, -0.2) is 50.8 Å². The molecule has 0 bridgehead atoms. The van der Waals surface area contributed by atoms with Crippen LogP contribution in [0.4, 0.5) is 0 Å². The lowest BCUT2D eigenvalue weighted by atomic mass is 10.2. The van der Waals surface area contributed by atoms with Crippen LogP contribution in [0.1, 0.15) is 18.1 Å². The molecule has 156 valence electrons. The van der Waals surface area contributed by atoms with E-state index in [2.05, 4.69) is 0 Å². The second-order valence-electron chi connectivity index (χ2n) is 6.31. The van der Waals surface area contributed by atoms with E-state index in [-0.39, 0.29) is 19.1 Å². The lowest BCUT2D eigenvalue weighted by Crippen LogP contribution is -2.34. The molecule has 2 aromatic rings. The van der Waals surface area contributed by atoms with Gasteiger partial charge in [0.2, 0.25) is 0 Å². The molecule has 2 rings (SSSR count). The van der Waals surface area contributed by atoms with Gasteiger partial charge in [-0.3, -0.25) is 4.79 Å². The van der Waals surface area contributed by atoms with E-state index >= 15 is 0 Å². The van der Waals surface area contributed by atoms with Crippen LogP contribution in [0.2, 0.25) is 0 Å². The minimum absolute atomic E-state index is 0.250. The van der Waals surface area contributed by atoms with Crippen molar-refractivity contribution in [1.82, 2.24) is 4.90 Å². The van der Waals surface area contributed by atoms with Gasteiger partial charge >= 0.3 is 5.97 Å². The second-order valence-corrected chi connectivity index (χ2v) is 6.31. The van der Waals surface area contributed by atoms with Crippen LogP contribution in [0.15, 0.2) is 42.5 Å². The zero-order chi connectivity index (χ0) is 21.2. The summed E-state index contributed by atoms with van der Waals surface area (Å²) >= 11 is 0. The Morgan fingerprint density at radius 3 is 2.31 bits per heavy atom. The zero-order valence-electron chi connectivity index (χ0n) is 17.3. The van der Waals surface area contributed by atoms with Crippen LogP contribution in [-0.2, 0) is 20.9 Å². The van der Waals surface area contributed by atoms with Gasteiger partial charge in [-0.05, 0) is 43.2 Å². The van der Waals surface area contributed by atoms with Crippen molar-refractivity contribution >= 4 is 11.9 Å². The summed E-state index contributed by atoms with van der Waals surface area (Å²) < 4.78 is 21.0. The van der Waals surface area contributed by atoms with Gasteiger partial charge in [-0.25, -0.2) is 4.79 Å². The fourth-order valence-corrected chi connectivity index (χ4v) is 2.71. The SMILES string of the molecule is CCN(Cc1ccc(OC)c(OC)c1)C(=O)COC(=O)COc1ccccc1C. The maximum absolute atomic E-state index is 12.4. The Morgan fingerprint density at radius 1 is 0.931 bits per heavy atom. The van der Waals surface area contributed by atoms with Crippen molar-refractivity contribution in [3.8, 4) is 17.2 Å². The summed E-state index contributed by atoms with van der Waals surface area (Å²) in [5, 5.41) is 0. The summed E-state index contributed by atoms with van der Waals surface area (Å²) in [6.07, 6.45) is 0. The molecule has 0 unspecified atom stereocenters. The molecule has 0 spiro atoms. The summed E-state index contributed by atoms with van der Waals surface area (Å²) in [6, 6.07) is 12.8. The largest absolute Gasteiger partial charge is 0.493 e. The number of benzene rings is 2. The quantitative estimate of drug-likeness (QED) is 0.570. The monoisotopic (exact) mass is 401 g/mol. The van der Waals surface area contributed by atoms with Crippen LogP contribution in [0, 0.1) is 6.92 Å². The fourth-order valence-electron chi connectivity index (χ4n) is 2.71. The smallest absolute Gasteiger partial charge is 0.344 e. The van der Waals surface area contributed by atoms with Gasteiger partial charge in [0.05, 0.1) is 14.2 Å². The molecule has 7 heteroatoms. The molecule has 1 amide bonds. The van der Waals surface area contributed by atoms with Crippen molar-refractivity contribution in [3.05, 3.63) is 53.6 Å². The van der Waals surface area contributed by atoms with Gasteiger partial charge in [0, 0.05) is 13.1 Å². The number of likely N-dealkylation sites (N-methyl/N-ethyl adjacent to an activating group) is 1. The Labute approximate surface area is 171 Å². The normalized spacial score (nSPS) is 10.2. The Balaban J connectivity index is 1.86. The highest BCUT2D eigenvalue weighted by Crippen LogP contribution is 2.28. The Morgan fingerprint density at radius 2 is 1.66 bits per heavy atom. The highest BCUT2D eigenvalue weighted by atomic mass is 16.6. The van der Waals surface area contributed by atoms with E-state index in [1.165, 1.54) is 0 Å². The molecule has 0 aliphatic carbocycles. The third-order valence-electron chi connectivity index (χ3n) is 4.35. The second kappa shape index (κ2) is 10.9. The molecule has 0 aromatic heterocycles. The molecule has 0 fully saturated rings.